The average molecular weight is 917 g/mol. The zero-order valence-electron chi connectivity index (χ0n) is 39.6. The van der Waals surface area contributed by atoms with Crippen molar-refractivity contribution < 1.29 is 0 Å². The van der Waals surface area contributed by atoms with Gasteiger partial charge in [0.2, 0.25) is 0 Å². The summed E-state index contributed by atoms with van der Waals surface area (Å²) in [5.41, 5.74) is 21.1. The van der Waals surface area contributed by atoms with Crippen LogP contribution >= 0.6 is 0 Å². The molecule has 0 saturated heterocycles. The molecule has 72 heavy (non-hydrogen) atoms. The number of anilines is 3. The van der Waals surface area contributed by atoms with Crippen LogP contribution in [0.5, 0.6) is 0 Å². The standard InChI is InChI=1S/C70H48N2/c1-3-19-50(20-4-1)60-28-9-11-30-63(60)65-32-13-14-33-66(65)64-31-12-10-29-61(64)52-39-44-57(45-40-52)71(58-26-17-23-54(47-58)62-35-18-22-51-21-7-8-27-59(51)62)56-42-37-49(38-43-56)53-41-46-70-68(48-53)67-34-15-16-36-69(67)72(70)55-24-5-2-6-25-55/h1-48H. The Morgan fingerprint density at radius 3 is 1.33 bits per heavy atom. The first-order chi connectivity index (χ1) is 35.7. The Morgan fingerprint density at radius 1 is 0.222 bits per heavy atom. The molecule has 0 fully saturated rings. The smallest absolute Gasteiger partial charge is 0.0541 e. The molecule has 338 valence electrons. The minimum Gasteiger partial charge on any atom is -0.310 e. The molecule has 0 bridgehead atoms. The number of nitrogens with zero attached hydrogens (tertiary/aromatic N) is 2. The van der Waals surface area contributed by atoms with Crippen molar-refractivity contribution in [2.75, 3.05) is 4.90 Å². The topological polar surface area (TPSA) is 8.17 Å². The van der Waals surface area contributed by atoms with Gasteiger partial charge in [0.15, 0.2) is 0 Å². The molecule has 12 aromatic carbocycles. The van der Waals surface area contributed by atoms with E-state index in [0.29, 0.717) is 0 Å². The lowest BCUT2D eigenvalue weighted by molar-refractivity contribution is 1.18. The van der Waals surface area contributed by atoms with Gasteiger partial charge in [-0.25, -0.2) is 0 Å². The van der Waals surface area contributed by atoms with Gasteiger partial charge in [-0.1, -0.05) is 224 Å². The highest BCUT2D eigenvalue weighted by molar-refractivity contribution is 6.10. The molecule has 0 saturated carbocycles. The largest absolute Gasteiger partial charge is 0.310 e. The van der Waals surface area contributed by atoms with Crippen LogP contribution in [0.3, 0.4) is 0 Å². The van der Waals surface area contributed by atoms with E-state index in [1.54, 1.807) is 0 Å². The van der Waals surface area contributed by atoms with E-state index in [2.05, 4.69) is 301 Å². The number of rotatable bonds is 10. The van der Waals surface area contributed by atoms with Crippen molar-refractivity contribution in [3.63, 3.8) is 0 Å². The van der Waals surface area contributed by atoms with Crippen molar-refractivity contribution in [1.29, 1.82) is 0 Å². The second-order valence-electron chi connectivity index (χ2n) is 18.4. The normalized spacial score (nSPS) is 11.3. The molecule has 0 spiro atoms. The fourth-order valence-electron chi connectivity index (χ4n) is 10.8. The van der Waals surface area contributed by atoms with Gasteiger partial charge in [0.25, 0.3) is 0 Å². The van der Waals surface area contributed by atoms with Crippen molar-refractivity contribution in [2.45, 2.75) is 0 Å². The number of fused-ring (bicyclic) bond motifs is 4. The molecule has 0 N–H and O–H groups in total. The molecule has 0 aliphatic heterocycles. The van der Waals surface area contributed by atoms with E-state index in [1.165, 1.54) is 93.8 Å². The molecule has 2 nitrogen and oxygen atoms in total. The van der Waals surface area contributed by atoms with Gasteiger partial charge in [0.05, 0.1) is 11.0 Å². The van der Waals surface area contributed by atoms with Crippen LogP contribution in [0.2, 0.25) is 0 Å². The third-order valence-electron chi connectivity index (χ3n) is 14.2. The third kappa shape index (κ3) is 7.73. The first-order valence-electron chi connectivity index (χ1n) is 24.7. The third-order valence-corrected chi connectivity index (χ3v) is 14.2. The maximum atomic E-state index is 2.39. The van der Waals surface area contributed by atoms with Gasteiger partial charge >= 0.3 is 0 Å². The Labute approximate surface area is 420 Å². The monoisotopic (exact) mass is 916 g/mol. The SMILES string of the molecule is c1ccc(-c2ccccc2-c2ccccc2-c2ccccc2-c2ccc(N(c3ccc(-c4ccc5c(c4)c4ccccc4n5-c4ccccc4)cc3)c3cccc(-c4cccc5ccccc45)c3)cc2)cc1. The van der Waals surface area contributed by atoms with Crippen LogP contribution in [0.1, 0.15) is 0 Å². The molecular formula is C70H48N2. The molecule has 1 heterocycles. The summed E-state index contributed by atoms with van der Waals surface area (Å²) in [7, 11) is 0. The Balaban J connectivity index is 0.900. The highest BCUT2D eigenvalue weighted by atomic mass is 15.1. The summed E-state index contributed by atoms with van der Waals surface area (Å²) in [5.74, 6) is 0. The summed E-state index contributed by atoms with van der Waals surface area (Å²) in [6.07, 6.45) is 0. The summed E-state index contributed by atoms with van der Waals surface area (Å²) in [5, 5.41) is 4.96. The molecule has 0 amide bonds. The van der Waals surface area contributed by atoms with E-state index in [0.717, 1.165) is 28.3 Å². The minimum atomic E-state index is 1.08. The van der Waals surface area contributed by atoms with Crippen LogP contribution in [0.25, 0.3) is 105 Å². The number of benzene rings is 12. The zero-order chi connectivity index (χ0) is 47.8. The van der Waals surface area contributed by atoms with Gasteiger partial charge in [0.1, 0.15) is 0 Å². The molecular weight excluding hydrogens is 869 g/mol. The quantitative estimate of drug-likeness (QED) is 0.133. The van der Waals surface area contributed by atoms with Gasteiger partial charge in [-0.3, -0.25) is 0 Å². The van der Waals surface area contributed by atoms with Crippen molar-refractivity contribution in [1.82, 2.24) is 4.57 Å². The zero-order valence-corrected chi connectivity index (χ0v) is 39.6. The van der Waals surface area contributed by atoms with Crippen LogP contribution in [0.4, 0.5) is 17.1 Å². The van der Waals surface area contributed by atoms with Gasteiger partial charge < -0.3 is 9.47 Å². The van der Waals surface area contributed by atoms with Crippen LogP contribution in [0.15, 0.2) is 291 Å². The fourth-order valence-corrected chi connectivity index (χ4v) is 10.8. The molecule has 0 aliphatic carbocycles. The van der Waals surface area contributed by atoms with Gasteiger partial charge in [-0.2, -0.15) is 0 Å². The fraction of sp³-hybridized carbons (Fsp3) is 0. The number of aromatic nitrogens is 1. The average Bonchev–Trinajstić information content (AvgIpc) is 3.80. The van der Waals surface area contributed by atoms with Gasteiger partial charge in [-0.05, 0) is 144 Å². The van der Waals surface area contributed by atoms with Crippen LogP contribution in [-0.4, -0.2) is 4.57 Å². The highest BCUT2D eigenvalue weighted by Gasteiger charge is 2.19. The summed E-state index contributed by atoms with van der Waals surface area (Å²) < 4.78 is 2.37. The molecule has 13 rings (SSSR count). The summed E-state index contributed by atoms with van der Waals surface area (Å²) in [6.45, 7) is 0. The van der Waals surface area contributed by atoms with Crippen LogP contribution in [-0.2, 0) is 0 Å². The highest BCUT2D eigenvalue weighted by Crippen LogP contribution is 2.44. The van der Waals surface area contributed by atoms with Gasteiger partial charge in [0, 0.05) is 33.5 Å². The van der Waals surface area contributed by atoms with E-state index < -0.39 is 0 Å². The molecule has 0 unspecified atom stereocenters. The summed E-state index contributed by atoms with van der Waals surface area (Å²) in [6, 6.07) is 106. The predicted molar refractivity (Wildman–Crippen MR) is 306 cm³/mol. The Kier molecular flexibility index (Phi) is 10.9. The Bertz CT molecular complexity index is 4070. The maximum absolute atomic E-state index is 2.39. The number of para-hydroxylation sites is 2. The lowest BCUT2D eigenvalue weighted by atomic mass is 9.87. The first kappa shape index (κ1) is 42.6. The van der Waals surface area contributed by atoms with E-state index >= 15 is 0 Å². The van der Waals surface area contributed by atoms with E-state index in [4.69, 9.17) is 0 Å². The van der Waals surface area contributed by atoms with Crippen molar-refractivity contribution in [3.05, 3.63) is 291 Å². The predicted octanol–water partition coefficient (Wildman–Crippen LogP) is 19.4. The van der Waals surface area contributed by atoms with Gasteiger partial charge in [-0.15, -0.1) is 0 Å². The number of hydrogen-bond donors (Lipinski definition) is 0. The maximum Gasteiger partial charge on any atom is 0.0541 e. The summed E-state index contributed by atoms with van der Waals surface area (Å²) >= 11 is 0. The molecule has 1 aromatic heterocycles. The van der Waals surface area contributed by atoms with Crippen LogP contribution in [0, 0.1) is 0 Å². The first-order valence-corrected chi connectivity index (χ1v) is 24.7. The molecule has 0 atom stereocenters. The van der Waals surface area contributed by atoms with Crippen molar-refractivity contribution in [3.8, 4) is 72.4 Å². The van der Waals surface area contributed by atoms with E-state index in [-0.39, 0.29) is 0 Å². The van der Waals surface area contributed by atoms with Crippen molar-refractivity contribution in [2.24, 2.45) is 0 Å². The van der Waals surface area contributed by atoms with Crippen molar-refractivity contribution >= 4 is 49.6 Å². The van der Waals surface area contributed by atoms with E-state index in [9.17, 15) is 0 Å². The molecule has 13 aromatic rings. The van der Waals surface area contributed by atoms with E-state index in [1.807, 2.05) is 0 Å². The Morgan fingerprint density at radius 2 is 0.667 bits per heavy atom. The summed E-state index contributed by atoms with van der Waals surface area (Å²) in [4.78, 5) is 2.39. The minimum absolute atomic E-state index is 1.08. The Hall–Kier alpha value is -9.50. The number of hydrogen-bond acceptors (Lipinski definition) is 1. The van der Waals surface area contributed by atoms with Crippen LogP contribution < -0.4 is 4.90 Å². The lowest BCUT2D eigenvalue weighted by Crippen LogP contribution is -2.10. The molecule has 0 aliphatic rings. The second-order valence-corrected chi connectivity index (χ2v) is 18.4. The molecule has 0 radical (unpaired) electrons. The second kappa shape index (κ2) is 18.4. The lowest BCUT2D eigenvalue weighted by Gasteiger charge is -2.27. The molecule has 2 heteroatoms.